The van der Waals surface area contributed by atoms with Crippen LogP contribution in [0.2, 0.25) is 0 Å². The number of rotatable bonds is 4. The van der Waals surface area contributed by atoms with Crippen molar-refractivity contribution < 1.29 is 0 Å². The molecule has 1 atom stereocenters. The fourth-order valence-corrected chi connectivity index (χ4v) is 2.27. The monoisotopic (exact) mass is 198 g/mol. The summed E-state index contributed by atoms with van der Waals surface area (Å²) in [6.07, 6.45) is 6.28. The van der Waals surface area contributed by atoms with Crippen LogP contribution < -0.4 is 5.73 Å². The zero-order valence-electron chi connectivity index (χ0n) is 10.1. The summed E-state index contributed by atoms with van der Waals surface area (Å²) in [5, 5.41) is 0. The SMILES string of the molecule is CCC(N)(CC)CN1CCCCC1C. The van der Waals surface area contributed by atoms with E-state index in [1.165, 1.54) is 25.8 Å². The van der Waals surface area contributed by atoms with Crippen LogP contribution >= 0.6 is 0 Å². The average Bonchev–Trinajstić information content (AvgIpc) is 2.21. The van der Waals surface area contributed by atoms with Gasteiger partial charge in [-0.05, 0) is 39.2 Å². The van der Waals surface area contributed by atoms with Gasteiger partial charge in [-0.25, -0.2) is 0 Å². The van der Waals surface area contributed by atoms with Crippen molar-refractivity contribution in [2.75, 3.05) is 13.1 Å². The van der Waals surface area contributed by atoms with Crippen LogP contribution in [0.4, 0.5) is 0 Å². The maximum absolute atomic E-state index is 6.35. The van der Waals surface area contributed by atoms with Crippen LogP contribution in [0.15, 0.2) is 0 Å². The molecule has 14 heavy (non-hydrogen) atoms. The molecule has 1 aliphatic rings. The van der Waals surface area contributed by atoms with Crippen LogP contribution in [-0.4, -0.2) is 29.6 Å². The first kappa shape index (κ1) is 12.0. The first-order chi connectivity index (χ1) is 6.61. The summed E-state index contributed by atoms with van der Waals surface area (Å²) in [5.41, 5.74) is 6.40. The van der Waals surface area contributed by atoms with Gasteiger partial charge < -0.3 is 5.73 Å². The van der Waals surface area contributed by atoms with E-state index in [-0.39, 0.29) is 5.54 Å². The third-order valence-electron chi connectivity index (χ3n) is 3.87. The Morgan fingerprint density at radius 1 is 1.29 bits per heavy atom. The van der Waals surface area contributed by atoms with E-state index in [9.17, 15) is 0 Å². The molecule has 1 heterocycles. The largest absolute Gasteiger partial charge is 0.324 e. The predicted octanol–water partition coefficient (Wildman–Crippen LogP) is 2.38. The first-order valence-electron chi connectivity index (χ1n) is 6.14. The quantitative estimate of drug-likeness (QED) is 0.751. The van der Waals surface area contributed by atoms with Gasteiger partial charge in [0, 0.05) is 18.1 Å². The van der Waals surface area contributed by atoms with E-state index in [2.05, 4.69) is 25.7 Å². The lowest BCUT2D eigenvalue weighted by Gasteiger charge is -2.40. The van der Waals surface area contributed by atoms with Crippen LogP contribution in [0.5, 0.6) is 0 Å². The average molecular weight is 198 g/mol. The fraction of sp³-hybridized carbons (Fsp3) is 1.00. The lowest BCUT2D eigenvalue weighted by atomic mass is 9.91. The van der Waals surface area contributed by atoms with Gasteiger partial charge in [0.05, 0.1) is 0 Å². The number of nitrogens with two attached hydrogens (primary N) is 1. The van der Waals surface area contributed by atoms with Gasteiger partial charge in [0.15, 0.2) is 0 Å². The predicted molar refractivity (Wildman–Crippen MR) is 62.4 cm³/mol. The van der Waals surface area contributed by atoms with E-state index in [1.807, 2.05) is 0 Å². The summed E-state index contributed by atoms with van der Waals surface area (Å²) in [7, 11) is 0. The molecule has 2 N–H and O–H groups in total. The molecule has 1 fully saturated rings. The van der Waals surface area contributed by atoms with Gasteiger partial charge in [-0.2, -0.15) is 0 Å². The van der Waals surface area contributed by atoms with Crippen LogP contribution in [0.3, 0.4) is 0 Å². The molecular weight excluding hydrogens is 172 g/mol. The molecule has 1 rings (SSSR count). The topological polar surface area (TPSA) is 29.3 Å². The van der Waals surface area contributed by atoms with E-state index in [1.54, 1.807) is 0 Å². The second kappa shape index (κ2) is 5.13. The summed E-state index contributed by atoms with van der Waals surface area (Å²) < 4.78 is 0. The van der Waals surface area contributed by atoms with Crippen molar-refractivity contribution in [2.45, 2.75) is 64.5 Å². The Morgan fingerprint density at radius 3 is 2.43 bits per heavy atom. The smallest absolute Gasteiger partial charge is 0.0278 e. The maximum Gasteiger partial charge on any atom is 0.0278 e. The molecule has 0 bridgehead atoms. The van der Waals surface area contributed by atoms with Crippen molar-refractivity contribution >= 4 is 0 Å². The van der Waals surface area contributed by atoms with Gasteiger partial charge >= 0.3 is 0 Å². The number of piperidine rings is 1. The highest BCUT2D eigenvalue weighted by molar-refractivity contribution is 4.87. The summed E-state index contributed by atoms with van der Waals surface area (Å²) in [6.45, 7) is 9.09. The molecule has 0 aromatic carbocycles. The standard InChI is InChI=1S/C12H26N2/c1-4-12(13,5-2)10-14-9-7-6-8-11(14)3/h11H,4-10,13H2,1-3H3. The number of nitrogens with zero attached hydrogens (tertiary/aromatic N) is 1. The van der Waals surface area contributed by atoms with E-state index >= 15 is 0 Å². The van der Waals surface area contributed by atoms with E-state index in [0.717, 1.165) is 25.4 Å². The van der Waals surface area contributed by atoms with Crippen molar-refractivity contribution in [2.24, 2.45) is 5.73 Å². The van der Waals surface area contributed by atoms with Crippen LogP contribution in [-0.2, 0) is 0 Å². The molecule has 1 saturated heterocycles. The van der Waals surface area contributed by atoms with Crippen molar-refractivity contribution in [3.63, 3.8) is 0 Å². The Labute approximate surface area is 88.8 Å². The highest BCUT2D eigenvalue weighted by Crippen LogP contribution is 2.21. The fourth-order valence-electron chi connectivity index (χ4n) is 2.27. The second-order valence-electron chi connectivity index (χ2n) is 4.88. The lowest BCUT2D eigenvalue weighted by Crippen LogP contribution is -2.52. The molecule has 1 unspecified atom stereocenters. The minimum absolute atomic E-state index is 0.0472. The van der Waals surface area contributed by atoms with Gasteiger partial charge in [0.2, 0.25) is 0 Å². The lowest BCUT2D eigenvalue weighted by molar-refractivity contribution is 0.120. The third kappa shape index (κ3) is 2.96. The summed E-state index contributed by atoms with van der Waals surface area (Å²) >= 11 is 0. The van der Waals surface area contributed by atoms with Crippen LogP contribution in [0.1, 0.15) is 52.9 Å². The van der Waals surface area contributed by atoms with Gasteiger partial charge in [-0.15, -0.1) is 0 Å². The van der Waals surface area contributed by atoms with Gasteiger partial charge in [0.1, 0.15) is 0 Å². The molecule has 2 heteroatoms. The van der Waals surface area contributed by atoms with Gasteiger partial charge in [0.25, 0.3) is 0 Å². The zero-order valence-corrected chi connectivity index (χ0v) is 10.1. The van der Waals surface area contributed by atoms with Gasteiger partial charge in [-0.3, -0.25) is 4.90 Å². The molecule has 0 aliphatic carbocycles. The Balaban J connectivity index is 2.48. The van der Waals surface area contributed by atoms with Crippen molar-refractivity contribution in [3.8, 4) is 0 Å². The molecule has 84 valence electrons. The first-order valence-corrected chi connectivity index (χ1v) is 6.14. The Morgan fingerprint density at radius 2 is 1.93 bits per heavy atom. The zero-order chi connectivity index (χ0) is 10.6. The molecule has 2 nitrogen and oxygen atoms in total. The Kier molecular flexibility index (Phi) is 4.39. The van der Waals surface area contributed by atoms with Gasteiger partial charge in [-0.1, -0.05) is 20.3 Å². The Bertz CT molecular complexity index is 164. The second-order valence-corrected chi connectivity index (χ2v) is 4.88. The number of hydrogen-bond donors (Lipinski definition) is 1. The minimum Gasteiger partial charge on any atom is -0.324 e. The van der Waals surface area contributed by atoms with Crippen molar-refractivity contribution in [1.82, 2.24) is 4.90 Å². The molecule has 0 spiro atoms. The van der Waals surface area contributed by atoms with E-state index in [0.29, 0.717) is 0 Å². The molecule has 0 radical (unpaired) electrons. The summed E-state index contributed by atoms with van der Waals surface area (Å²) in [4.78, 5) is 2.58. The minimum atomic E-state index is 0.0472. The third-order valence-corrected chi connectivity index (χ3v) is 3.87. The molecular formula is C12H26N2. The Hall–Kier alpha value is -0.0800. The normalized spacial score (nSPS) is 25.3. The van der Waals surface area contributed by atoms with Crippen molar-refractivity contribution in [1.29, 1.82) is 0 Å². The molecule has 0 aromatic heterocycles. The van der Waals surface area contributed by atoms with E-state index < -0.39 is 0 Å². The molecule has 0 saturated carbocycles. The molecule has 1 aliphatic heterocycles. The summed E-state index contributed by atoms with van der Waals surface area (Å²) in [6, 6.07) is 0.741. The highest BCUT2D eigenvalue weighted by atomic mass is 15.2. The highest BCUT2D eigenvalue weighted by Gasteiger charge is 2.27. The number of hydrogen-bond acceptors (Lipinski definition) is 2. The summed E-state index contributed by atoms with van der Waals surface area (Å²) in [5.74, 6) is 0. The van der Waals surface area contributed by atoms with Crippen LogP contribution in [0, 0.1) is 0 Å². The van der Waals surface area contributed by atoms with Crippen molar-refractivity contribution in [3.05, 3.63) is 0 Å². The number of likely N-dealkylation sites (tertiary alicyclic amines) is 1. The molecule has 0 amide bonds. The molecule has 0 aromatic rings. The van der Waals surface area contributed by atoms with E-state index in [4.69, 9.17) is 5.73 Å². The van der Waals surface area contributed by atoms with Crippen LogP contribution in [0.25, 0.3) is 0 Å². The maximum atomic E-state index is 6.35.